The molecule has 3 rings (SSSR count). The van der Waals surface area contributed by atoms with E-state index < -0.39 is 0 Å². The van der Waals surface area contributed by atoms with Crippen LogP contribution in [0.3, 0.4) is 0 Å². The molecule has 128 valence electrons. The number of nitrogens with zero attached hydrogens (tertiary/aromatic N) is 2. The number of rotatable bonds is 4. The summed E-state index contributed by atoms with van der Waals surface area (Å²) in [4.78, 5) is 13.8. The fourth-order valence-corrected chi connectivity index (χ4v) is 3.33. The topological polar surface area (TPSA) is 44.1 Å². The van der Waals surface area contributed by atoms with Crippen LogP contribution in [0.2, 0.25) is 0 Å². The van der Waals surface area contributed by atoms with Gasteiger partial charge in [-0.1, -0.05) is 29.5 Å². The lowest BCUT2D eigenvalue weighted by molar-refractivity contribution is 0.414. The van der Waals surface area contributed by atoms with E-state index in [0.29, 0.717) is 5.56 Å². The van der Waals surface area contributed by atoms with E-state index in [1.807, 2.05) is 38.1 Å². The zero-order valence-electron chi connectivity index (χ0n) is 14.7. The minimum Gasteiger partial charge on any atom is -0.497 e. The normalized spacial score (nSPS) is 10.7. The first-order chi connectivity index (χ1) is 12.0. The molecule has 0 aliphatic carbocycles. The summed E-state index contributed by atoms with van der Waals surface area (Å²) in [5.41, 5.74) is 3.46. The second-order valence-electron chi connectivity index (χ2n) is 5.89. The van der Waals surface area contributed by atoms with Gasteiger partial charge in [0, 0.05) is 10.5 Å². The Morgan fingerprint density at radius 1 is 0.920 bits per heavy atom. The average Bonchev–Trinajstić information content (AvgIpc) is 2.64. The van der Waals surface area contributed by atoms with Crippen molar-refractivity contribution in [2.24, 2.45) is 0 Å². The third-order valence-electron chi connectivity index (χ3n) is 4.14. The van der Waals surface area contributed by atoms with Crippen LogP contribution >= 0.6 is 11.8 Å². The van der Waals surface area contributed by atoms with Gasteiger partial charge in [0.15, 0.2) is 0 Å². The molecule has 0 radical (unpaired) electrons. The van der Waals surface area contributed by atoms with Crippen molar-refractivity contribution in [3.63, 3.8) is 0 Å². The SMILES string of the molecule is COc1ccc(-n2nc(Sc3ccc(C)cc3)c(C)c(C)c2=O)cc1. The number of hydrogen-bond acceptors (Lipinski definition) is 4. The van der Waals surface area contributed by atoms with Crippen molar-refractivity contribution < 1.29 is 4.74 Å². The summed E-state index contributed by atoms with van der Waals surface area (Å²) >= 11 is 1.57. The van der Waals surface area contributed by atoms with Crippen LogP contribution in [0, 0.1) is 20.8 Å². The predicted octanol–water partition coefficient (Wildman–Crippen LogP) is 4.32. The summed E-state index contributed by atoms with van der Waals surface area (Å²) in [6.07, 6.45) is 0. The van der Waals surface area contributed by atoms with Crippen LogP contribution in [-0.4, -0.2) is 16.9 Å². The van der Waals surface area contributed by atoms with Gasteiger partial charge in [-0.3, -0.25) is 4.79 Å². The van der Waals surface area contributed by atoms with Gasteiger partial charge in [0.1, 0.15) is 10.8 Å². The molecule has 0 amide bonds. The maximum atomic E-state index is 12.7. The third-order valence-corrected chi connectivity index (χ3v) is 5.23. The maximum Gasteiger partial charge on any atom is 0.274 e. The van der Waals surface area contributed by atoms with Crippen molar-refractivity contribution in [2.75, 3.05) is 7.11 Å². The summed E-state index contributed by atoms with van der Waals surface area (Å²) in [6.45, 7) is 5.85. The molecule has 0 saturated carbocycles. The lowest BCUT2D eigenvalue weighted by atomic mass is 10.2. The van der Waals surface area contributed by atoms with Gasteiger partial charge in [-0.05, 0) is 62.7 Å². The van der Waals surface area contributed by atoms with Crippen molar-refractivity contribution in [1.29, 1.82) is 0 Å². The zero-order chi connectivity index (χ0) is 18.0. The van der Waals surface area contributed by atoms with Gasteiger partial charge in [-0.2, -0.15) is 9.78 Å². The molecule has 0 fully saturated rings. The highest BCUT2D eigenvalue weighted by atomic mass is 32.2. The first-order valence-electron chi connectivity index (χ1n) is 7.99. The Labute approximate surface area is 151 Å². The Morgan fingerprint density at radius 3 is 2.16 bits per heavy atom. The molecular weight excluding hydrogens is 332 g/mol. The first-order valence-corrected chi connectivity index (χ1v) is 8.80. The Bertz CT molecular complexity index is 945. The quantitative estimate of drug-likeness (QED) is 0.701. The molecule has 0 N–H and O–H groups in total. The highest BCUT2D eigenvalue weighted by molar-refractivity contribution is 7.99. The van der Waals surface area contributed by atoms with Crippen LogP contribution in [0.4, 0.5) is 0 Å². The molecule has 4 nitrogen and oxygen atoms in total. The summed E-state index contributed by atoms with van der Waals surface area (Å²) in [7, 11) is 1.62. The van der Waals surface area contributed by atoms with E-state index in [1.54, 1.807) is 18.9 Å². The largest absolute Gasteiger partial charge is 0.497 e. The highest BCUT2D eigenvalue weighted by Gasteiger charge is 2.13. The predicted molar refractivity (Wildman–Crippen MR) is 101 cm³/mol. The Morgan fingerprint density at radius 2 is 1.56 bits per heavy atom. The number of methoxy groups -OCH3 is 1. The molecule has 0 atom stereocenters. The van der Waals surface area contributed by atoms with E-state index in [9.17, 15) is 4.79 Å². The van der Waals surface area contributed by atoms with Crippen LogP contribution in [-0.2, 0) is 0 Å². The standard InChI is InChI=1S/C20H20N2O2S/c1-13-5-11-18(12-6-13)25-19-14(2)15(3)20(23)22(21-19)16-7-9-17(24-4)10-8-16/h5-12H,1-4H3. The van der Waals surface area contributed by atoms with Crippen LogP contribution in [0.15, 0.2) is 63.2 Å². The van der Waals surface area contributed by atoms with Crippen LogP contribution < -0.4 is 10.3 Å². The molecule has 0 unspecified atom stereocenters. The zero-order valence-corrected chi connectivity index (χ0v) is 15.6. The van der Waals surface area contributed by atoms with E-state index >= 15 is 0 Å². The van der Waals surface area contributed by atoms with E-state index in [-0.39, 0.29) is 5.56 Å². The van der Waals surface area contributed by atoms with Crippen molar-refractivity contribution >= 4 is 11.8 Å². The number of aromatic nitrogens is 2. The van der Waals surface area contributed by atoms with E-state index in [1.165, 1.54) is 10.2 Å². The molecular formula is C20H20N2O2S. The van der Waals surface area contributed by atoms with Crippen molar-refractivity contribution in [3.05, 3.63) is 75.6 Å². The molecule has 0 saturated heterocycles. The number of hydrogen-bond donors (Lipinski definition) is 0. The summed E-state index contributed by atoms with van der Waals surface area (Å²) in [6, 6.07) is 15.6. The number of ether oxygens (including phenoxy) is 1. The fraction of sp³-hybridized carbons (Fsp3) is 0.200. The van der Waals surface area contributed by atoms with Crippen LogP contribution in [0.25, 0.3) is 5.69 Å². The maximum absolute atomic E-state index is 12.7. The van der Waals surface area contributed by atoms with Crippen molar-refractivity contribution in [3.8, 4) is 11.4 Å². The smallest absolute Gasteiger partial charge is 0.274 e. The molecule has 25 heavy (non-hydrogen) atoms. The molecule has 1 aromatic heterocycles. The molecule has 1 heterocycles. The van der Waals surface area contributed by atoms with Crippen LogP contribution in [0.5, 0.6) is 5.75 Å². The lowest BCUT2D eigenvalue weighted by Gasteiger charge is -2.12. The second kappa shape index (κ2) is 7.15. The summed E-state index contributed by atoms with van der Waals surface area (Å²) < 4.78 is 6.64. The van der Waals surface area contributed by atoms with Gasteiger partial charge in [-0.15, -0.1) is 0 Å². The Hall–Kier alpha value is -2.53. The van der Waals surface area contributed by atoms with Crippen molar-refractivity contribution in [1.82, 2.24) is 9.78 Å². The summed E-state index contributed by atoms with van der Waals surface area (Å²) in [5.74, 6) is 0.745. The third kappa shape index (κ3) is 3.61. The molecule has 3 aromatic rings. The van der Waals surface area contributed by atoms with E-state index in [2.05, 4.69) is 36.3 Å². The highest BCUT2D eigenvalue weighted by Crippen LogP contribution is 2.29. The molecule has 0 aliphatic heterocycles. The van der Waals surface area contributed by atoms with Crippen LogP contribution in [0.1, 0.15) is 16.7 Å². The minimum atomic E-state index is -0.101. The van der Waals surface area contributed by atoms with Gasteiger partial charge in [0.25, 0.3) is 5.56 Å². The van der Waals surface area contributed by atoms with E-state index in [0.717, 1.165) is 26.9 Å². The number of benzene rings is 2. The Kier molecular flexibility index (Phi) is 4.95. The molecule has 0 aliphatic rings. The van der Waals surface area contributed by atoms with Gasteiger partial charge >= 0.3 is 0 Å². The average molecular weight is 352 g/mol. The van der Waals surface area contributed by atoms with Gasteiger partial charge in [0.2, 0.25) is 0 Å². The first kappa shape index (κ1) is 17.3. The second-order valence-corrected chi connectivity index (χ2v) is 6.95. The summed E-state index contributed by atoms with van der Waals surface area (Å²) in [5, 5.41) is 5.43. The number of aryl methyl sites for hydroxylation is 1. The van der Waals surface area contributed by atoms with Gasteiger partial charge in [0.05, 0.1) is 12.8 Å². The molecule has 2 aromatic carbocycles. The fourth-order valence-electron chi connectivity index (χ4n) is 2.40. The molecule has 0 bridgehead atoms. The van der Waals surface area contributed by atoms with Gasteiger partial charge in [-0.25, -0.2) is 0 Å². The Balaban J connectivity index is 2.05. The van der Waals surface area contributed by atoms with Gasteiger partial charge < -0.3 is 4.74 Å². The lowest BCUT2D eigenvalue weighted by Crippen LogP contribution is -2.25. The minimum absolute atomic E-state index is 0.101. The monoisotopic (exact) mass is 352 g/mol. The molecule has 0 spiro atoms. The molecule has 5 heteroatoms. The van der Waals surface area contributed by atoms with E-state index in [4.69, 9.17) is 4.74 Å². The van der Waals surface area contributed by atoms with Crippen molar-refractivity contribution in [2.45, 2.75) is 30.7 Å².